The van der Waals surface area contributed by atoms with Crippen LogP contribution in [0.4, 0.5) is 0 Å². The van der Waals surface area contributed by atoms with Crippen molar-refractivity contribution >= 4 is 28.8 Å². The maximum Gasteiger partial charge on any atom is 0.265 e. The van der Waals surface area contributed by atoms with Crippen molar-refractivity contribution in [2.45, 2.75) is 27.3 Å². The number of rotatable bonds is 5. The lowest BCUT2D eigenvalue weighted by Crippen LogP contribution is -2.27. The quantitative estimate of drug-likeness (QED) is 0.770. The van der Waals surface area contributed by atoms with E-state index < -0.39 is 0 Å². The van der Waals surface area contributed by atoms with Gasteiger partial charge in [0.25, 0.3) is 5.91 Å². The molecule has 3 rings (SSSR count). The molecule has 0 saturated carbocycles. The van der Waals surface area contributed by atoms with Gasteiger partial charge in [0, 0.05) is 22.7 Å². The molecule has 1 N–H and O–H groups in total. The summed E-state index contributed by atoms with van der Waals surface area (Å²) < 4.78 is 5.73. The molecule has 0 saturated heterocycles. The van der Waals surface area contributed by atoms with Crippen molar-refractivity contribution in [3.8, 4) is 10.4 Å². The summed E-state index contributed by atoms with van der Waals surface area (Å²) in [7, 11) is 0. The van der Waals surface area contributed by atoms with Gasteiger partial charge >= 0.3 is 0 Å². The van der Waals surface area contributed by atoms with Crippen LogP contribution in [0, 0.1) is 20.8 Å². The highest BCUT2D eigenvalue weighted by atomic mass is 32.1. The second kappa shape index (κ2) is 6.59. The van der Waals surface area contributed by atoms with Crippen molar-refractivity contribution in [1.29, 1.82) is 0 Å². The molecule has 0 spiro atoms. The number of carbonyl (C=O) groups excluding carboxylic acids is 1. The van der Waals surface area contributed by atoms with Crippen molar-refractivity contribution in [3.63, 3.8) is 0 Å². The first-order chi connectivity index (χ1) is 11.1. The number of amides is 1. The van der Waals surface area contributed by atoms with Crippen LogP contribution in [0.25, 0.3) is 10.4 Å². The minimum absolute atomic E-state index is 0.127. The normalized spacial score (nSPS) is 10.9. The second-order valence-electron chi connectivity index (χ2n) is 5.19. The number of nitrogens with one attached hydrogen (secondary N) is 1. The summed E-state index contributed by atoms with van der Waals surface area (Å²) in [5.74, 6) is -0.127. The van der Waals surface area contributed by atoms with E-state index in [-0.39, 0.29) is 5.91 Å². The molecule has 8 heteroatoms. The molecule has 0 aliphatic heterocycles. The third-order valence-corrected chi connectivity index (χ3v) is 5.33. The lowest BCUT2D eigenvalue weighted by molar-refractivity contribution is 0.0955. The van der Waals surface area contributed by atoms with Crippen molar-refractivity contribution < 1.29 is 4.79 Å². The van der Waals surface area contributed by atoms with Crippen LogP contribution in [-0.2, 0) is 6.54 Å². The van der Waals surface area contributed by atoms with Gasteiger partial charge in [-0.1, -0.05) is 10.6 Å². The number of hydrogen-bond acceptors (Lipinski definition) is 6. The van der Waals surface area contributed by atoms with Gasteiger partial charge in [-0.2, -0.15) is 5.10 Å². The third-order valence-electron chi connectivity index (χ3n) is 3.62. The molecule has 0 aliphatic carbocycles. The van der Waals surface area contributed by atoms with Crippen molar-refractivity contribution in [2.75, 3.05) is 6.54 Å². The number of carbonyl (C=O) groups is 1. The Morgan fingerprint density at radius 1 is 1.30 bits per heavy atom. The summed E-state index contributed by atoms with van der Waals surface area (Å²) in [6, 6.07) is 4.15. The molecule has 0 fully saturated rings. The van der Waals surface area contributed by atoms with Crippen LogP contribution < -0.4 is 5.32 Å². The number of hydrogen-bond donors (Lipinski definition) is 1. The Balaban J connectivity index is 1.67. The largest absolute Gasteiger partial charge is 0.349 e. The Hall–Kier alpha value is -2.06. The lowest BCUT2D eigenvalue weighted by atomic mass is 10.1. The summed E-state index contributed by atoms with van der Waals surface area (Å²) in [4.78, 5) is 13.8. The molecule has 120 valence electrons. The number of nitrogens with zero attached hydrogens (tertiary/aromatic N) is 4. The Kier molecular flexibility index (Phi) is 4.53. The van der Waals surface area contributed by atoms with Crippen LogP contribution in [0.1, 0.15) is 26.8 Å². The van der Waals surface area contributed by atoms with Crippen LogP contribution in [-0.4, -0.2) is 31.8 Å². The first-order valence-corrected chi connectivity index (χ1v) is 8.88. The van der Waals surface area contributed by atoms with Gasteiger partial charge in [-0.05, 0) is 43.8 Å². The van der Waals surface area contributed by atoms with E-state index in [2.05, 4.69) is 38.4 Å². The zero-order valence-corrected chi connectivity index (χ0v) is 14.8. The monoisotopic (exact) mass is 347 g/mol. The fourth-order valence-electron chi connectivity index (χ4n) is 2.49. The average Bonchev–Trinajstić information content (AvgIpc) is 3.22. The van der Waals surface area contributed by atoms with E-state index in [9.17, 15) is 4.79 Å². The van der Waals surface area contributed by atoms with Crippen LogP contribution in [0.2, 0.25) is 0 Å². The molecule has 3 aromatic heterocycles. The minimum atomic E-state index is -0.127. The summed E-state index contributed by atoms with van der Waals surface area (Å²) >= 11 is 2.83. The molecular formula is C15H17N5OS2. The van der Waals surface area contributed by atoms with Gasteiger partial charge in [0.05, 0.1) is 17.9 Å². The molecule has 1 amide bonds. The summed E-state index contributed by atoms with van der Waals surface area (Å²) in [5, 5.41) is 13.4. The molecule has 0 aromatic carbocycles. The molecule has 6 nitrogen and oxygen atoms in total. The predicted molar refractivity (Wildman–Crippen MR) is 92.0 cm³/mol. The molecule has 0 atom stereocenters. The number of thiophene rings is 1. The zero-order chi connectivity index (χ0) is 16.4. The van der Waals surface area contributed by atoms with Crippen LogP contribution >= 0.6 is 22.9 Å². The lowest BCUT2D eigenvalue weighted by Gasteiger charge is -2.06. The van der Waals surface area contributed by atoms with E-state index in [1.54, 1.807) is 18.3 Å². The molecule has 3 heterocycles. The molecule has 3 aromatic rings. The predicted octanol–water partition coefficient (Wildman–Crippen LogP) is 2.82. The van der Waals surface area contributed by atoms with Gasteiger partial charge in [-0.15, -0.1) is 16.4 Å². The molecular weight excluding hydrogens is 330 g/mol. The van der Waals surface area contributed by atoms with Gasteiger partial charge in [0.1, 0.15) is 4.88 Å². The topological polar surface area (TPSA) is 72.7 Å². The SMILES string of the molecule is Cc1nnsc1C(=O)NCCn1nc(C)c(-c2cccs2)c1C. The minimum Gasteiger partial charge on any atom is -0.349 e. The number of aryl methyl sites for hydroxylation is 2. The zero-order valence-electron chi connectivity index (χ0n) is 13.2. The number of aromatic nitrogens is 4. The van der Waals surface area contributed by atoms with Gasteiger partial charge in [-0.3, -0.25) is 9.48 Å². The van der Waals surface area contributed by atoms with E-state index in [4.69, 9.17) is 0 Å². The van der Waals surface area contributed by atoms with Crippen LogP contribution in [0.15, 0.2) is 17.5 Å². The summed E-state index contributed by atoms with van der Waals surface area (Å²) in [5.41, 5.74) is 3.99. The van der Waals surface area contributed by atoms with E-state index >= 15 is 0 Å². The van der Waals surface area contributed by atoms with E-state index in [1.807, 2.05) is 17.7 Å². The van der Waals surface area contributed by atoms with Crippen LogP contribution in [0.3, 0.4) is 0 Å². The van der Waals surface area contributed by atoms with Crippen molar-refractivity contribution in [1.82, 2.24) is 24.7 Å². The Morgan fingerprint density at radius 3 is 2.78 bits per heavy atom. The summed E-state index contributed by atoms with van der Waals surface area (Å²) in [6.07, 6.45) is 0. The Bertz CT molecular complexity index is 819. The fourth-order valence-corrected chi connectivity index (χ4v) is 3.93. The van der Waals surface area contributed by atoms with Gasteiger partial charge in [-0.25, -0.2) is 0 Å². The van der Waals surface area contributed by atoms with Crippen LogP contribution in [0.5, 0.6) is 0 Å². The van der Waals surface area contributed by atoms with Gasteiger partial charge in [0.15, 0.2) is 0 Å². The van der Waals surface area contributed by atoms with Crippen molar-refractivity contribution in [3.05, 3.63) is 39.5 Å². The summed E-state index contributed by atoms with van der Waals surface area (Å²) in [6.45, 7) is 7.02. The maximum absolute atomic E-state index is 12.1. The maximum atomic E-state index is 12.1. The molecule has 0 radical (unpaired) electrons. The molecule has 0 unspecified atom stereocenters. The Morgan fingerprint density at radius 2 is 2.13 bits per heavy atom. The van der Waals surface area contributed by atoms with Gasteiger partial charge < -0.3 is 5.32 Å². The van der Waals surface area contributed by atoms with Crippen molar-refractivity contribution in [2.24, 2.45) is 0 Å². The van der Waals surface area contributed by atoms with E-state index in [1.165, 1.54) is 10.4 Å². The first-order valence-electron chi connectivity index (χ1n) is 7.23. The first kappa shape index (κ1) is 15.8. The smallest absolute Gasteiger partial charge is 0.265 e. The van der Waals surface area contributed by atoms with Gasteiger partial charge in [0.2, 0.25) is 0 Å². The molecule has 0 bridgehead atoms. The second-order valence-corrected chi connectivity index (χ2v) is 6.89. The Labute approximate surface area is 142 Å². The van der Waals surface area contributed by atoms with E-state index in [0.717, 1.165) is 22.9 Å². The van der Waals surface area contributed by atoms with E-state index in [0.29, 0.717) is 23.7 Å². The molecule has 0 aliphatic rings. The highest BCUT2D eigenvalue weighted by Crippen LogP contribution is 2.30. The third kappa shape index (κ3) is 3.18. The fraction of sp³-hybridized carbons (Fsp3) is 0.333. The molecule has 23 heavy (non-hydrogen) atoms. The standard InChI is InChI=1S/C15H17N5OS2/c1-9-13(12-5-4-8-22-12)11(3)20(18-9)7-6-16-15(21)14-10(2)17-19-23-14/h4-5,8H,6-7H2,1-3H3,(H,16,21). The average molecular weight is 347 g/mol. The highest BCUT2D eigenvalue weighted by Gasteiger charge is 2.15. The highest BCUT2D eigenvalue weighted by molar-refractivity contribution is 7.13.